The summed E-state index contributed by atoms with van der Waals surface area (Å²) in [6.45, 7) is 1.44. The van der Waals surface area contributed by atoms with Crippen molar-refractivity contribution in [2.45, 2.75) is 17.9 Å². The van der Waals surface area contributed by atoms with Gasteiger partial charge >= 0.3 is 0 Å². The van der Waals surface area contributed by atoms with Crippen molar-refractivity contribution in [3.05, 3.63) is 64.9 Å². The molecule has 0 spiro atoms. The summed E-state index contributed by atoms with van der Waals surface area (Å²) in [6, 6.07) is 11.1. The summed E-state index contributed by atoms with van der Waals surface area (Å²) in [6.07, 6.45) is 0. The summed E-state index contributed by atoms with van der Waals surface area (Å²) in [5, 5.41) is 3.32. The van der Waals surface area contributed by atoms with Crippen LogP contribution in [0.1, 0.15) is 18.5 Å². The molecule has 0 heterocycles. The zero-order valence-corrected chi connectivity index (χ0v) is 15.3. The van der Waals surface area contributed by atoms with Crippen LogP contribution in [0.4, 0.5) is 4.39 Å². The Morgan fingerprint density at radius 3 is 2.28 bits per heavy atom. The molecule has 8 heteroatoms. The van der Waals surface area contributed by atoms with Crippen LogP contribution in [0, 0.1) is 5.82 Å². The van der Waals surface area contributed by atoms with E-state index in [0.29, 0.717) is 5.02 Å². The van der Waals surface area contributed by atoms with Gasteiger partial charge < -0.3 is 5.32 Å². The Balaban J connectivity index is 2.01. The van der Waals surface area contributed by atoms with E-state index < -0.39 is 21.7 Å². The standard InChI is InChI=1S/C17H18ClFN2O3S/c1-12(13-3-5-14(18)6-4-13)20-17(22)11-21(2)25(23,24)16-9-7-15(19)8-10-16/h3-10,12H,11H2,1-2H3,(H,20,22). The molecule has 2 aromatic carbocycles. The minimum absolute atomic E-state index is 0.0741. The molecule has 0 aliphatic carbocycles. The van der Waals surface area contributed by atoms with Crippen LogP contribution < -0.4 is 5.32 Å². The maximum Gasteiger partial charge on any atom is 0.243 e. The number of carbonyl (C=O) groups is 1. The molecule has 0 bridgehead atoms. The monoisotopic (exact) mass is 384 g/mol. The Morgan fingerprint density at radius 2 is 1.72 bits per heavy atom. The number of carbonyl (C=O) groups excluding carboxylic acids is 1. The lowest BCUT2D eigenvalue weighted by Crippen LogP contribution is -2.39. The number of likely N-dealkylation sites (N-methyl/N-ethyl adjacent to an activating group) is 1. The fourth-order valence-electron chi connectivity index (χ4n) is 2.20. The molecule has 1 atom stereocenters. The predicted molar refractivity (Wildman–Crippen MR) is 94.2 cm³/mol. The fraction of sp³-hybridized carbons (Fsp3) is 0.235. The van der Waals surface area contributed by atoms with Crippen LogP contribution in [0.25, 0.3) is 0 Å². The average molecular weight is 385 g/mol. The second-order valence-corrected chi connectivity index (χ2v) is 8.04. The number of nitrogens with zero attached hydrogens (tertiary/aromatic N) is 1. The third-order valence-corrected chi connectivity index (χ3v) is 5.71. The normalized spacial score (nSPS) is 12.8. The first kappa shape index (κ1) is 19.4. The third-order valence-electron chi connectivity index (χ3n) is 3.64. The second-order valence-electron chi connectivity index (χ2n) is 5.56. The van der Waals surface area contributed by atoms with Crippen molar-refractivity contribution in [3.8, 4) is 0 Å². The van der Waals surface area contributed by atoms with Crippen molar-refractivity contribution in [2.24, 2.45) is 0 Å². The van der Waals surface area contributed by atoms with Gasteiger partial charge in [-0.1, -0.05) is 23.7 Å². The van der Waals surface area contributed by atoms with Gasteiger partial charge in [-0.25, -0.2) is 12.8 Å². The number of benzene rings is 2. The molecular weight excluding hydrogens is 367 g/mol. The van der Waals surface area contributed by atoms with Gasteiger partial charge in [0.2, 0.25) is 15.9 Å². The number of halogens is 2. The van der Waals surface area contributed by atoms with Gasteiger partial charge in [-0.3, -0.25) is 4.79 Å². The molecule has 2 aromatic rings. The van der Waals surface area contributed by atoms with Crippen LogP contribution in [-0.4, -0.2) is 32.2 Å². The Bertz CT molecular complexity index is 839. The van der Waals surface area contributed by atoms with Crippen molar-refractivity contribution in [1.82, 2.24) is 9.62 Å². The molecule has 0 aromatic heterocycles. The molecule has 0 saturated heterocycles. The Kier molecular flexibility index (Phi) is 6.16. The van der Waals surface area contributed by atoms with Gasteiger partial charge in [0.25, 0.3) is 0 Å². The molecule has 0 aliphatic rings. The Hall–Kier alpha value is -1.96. The average Bonchev–Trinajstić information content (AvgIpc) is 2.55. The topological polar surface area (TPSA) is 66.5 Å². The number of rotatable bonds is 6. The van der Waals surface area contributed by atoms with E-state index in [1.165, 1.54) is 7.05 Å². The Morgan fingerprint density at radius 1 is 1.16 bits per heavy atom. The van der Waals surface area contributed by atoms with E-state index in [0.717, 1.165) is 34.1 Å². The van der Waals surface area contributed by atoms with Gasteiger partial charge in [0.1, 0.15) is 5.82 Å². The maximum absolute atomic E-state index is 12.9. The minimum Gasteiger partial charge on any atom is -0.348 e. The summed E-state index contributed by atoms with van der Waals surface area (Å²) in [5.74, 6) is -0.980. The molecule has 0 saturated carbocycles. The van der Waals surface area contributed by atoms with Crippen molar-refractivity contribution >= 4 is 27.5 Å². The second kappa shape index (κ2) is 7.95. The van der Waals surface area contributed by atoms with Gasteiger partial charge in [-0.15, -0.1) is 0 Å². The Labute approximate surface area is 151 Å². The summed E-state index contributed by atoms with van der Waals surface area (Å²) in [7, 11) is -2.57. The number of hydrogen-bond acceptors (Lipinski definition) is 3. The maximum atomic E-state index is 12.9. The van der Waals surface area contributed by atoms with Crippen LogP contribution >= 0.6 is 11.6 Å². The van der Waals surface area contributed by atoms with E-state index in [-0.39, 0.29) is 17.5 Å². The van der Waals surface area contributed by atoms with Crippen molar-refractivity contribution in [3.63, 3.8) is 0 Å². The van der Waals surface area contributed by atoms with E-state index in [1.54, 1.807) is 31.2 Å². The summed E-state index contributed by atoms with van der Waals surface area (Å²) < 4.78 is 38.6. The molecular formula is C17H18ClFN2O3S. The van der Waals surface area contributed by atoms with E-state index in [2.05, 4.69) is 5.32 Å². The number of sulfonamides is 1. The molecule has 5 nitrogen and oxygen atoms in total. The van der Waals surface area contributed by atoms with Crippen molar-refractivity contribution < 1.29 is 17.6 Å². The van der Waals surface area contributed by atoms with Crippen molar-refractivity contribution in [2.75, 3.05) is 13.6 Å². The first-order chi connectivity index (χ1) is 11.7. The minimum atomic E-state index is -3.87. The van der Waals surface area contributed by atoms with Gasteiger partial charge in [0.15, 0.2) is 0 Å². The highest BCUT2D eigenvalue weighted by Crippen LogP contribution is 2.17. The highest BCUT2D eigenvalue weighted by molar-refractivity contribution is 7.89. The summed E-state index contributed by atoms with van der Waals surface area (Å²) in [4.78, 5) is 12.1. The molecule has 1 unspecified atom stereocenters. The highest BCUT2D eigenvalue weighted by Gasteiger charge is 2.23. The lowest BCUT2D eigenvalue weighted by Gasteiger charge is -2.19. The lowest BCUT2D eigenvalue weighted by atomic mass is 10.1. The lowest BCUT2D eigenvalue weighted by molar-refractivity contribution is -0.121. The summed E-state index contributed by atoms with van der Waals surface area (Å²) >= 11 is 5.82. The zero-order valence-electron chi connectivity index (χ0n) is 13.7. The van der Waals surface area contributed by atoms with Crippen LogP contribution in [0.2, 0.25) is 5.02 Å². The largest absolute Gasteiger partial charge is 0.348 e. The molecule has 1 N–H and O–H groups in total. The quantitative estimate of drug-likeness (QED) is 0.832. The molecule has 0 aliphatic heterocycles. The molecule has 25 heavy (non-hydrogen) atoms. The van der Waals surface area contributed by atoms with Gasteiger partial charge in [0, 0.05) is 12.1 Å². The van der Waals surface area contributed by atoms with Crippen molar-refractivity contribution in [1.29, 1.82) is 0 Å². The first-order valence-electron chi connectivity index (χ1n) is 7.47. The zero-order chi connectivity index (χ0) is 18.6. The van der Waals surface area contributed by atoms with Gasteiger partial charge in [-0.05, 0) is 48.9 Å². The highest BCUT2D eigenvalue weighted by atomic mass is 35.5. The number of amides is 1. The number of hydrogen-bond donors (Lipinski definition) is 1. The third kappa shape index (κ3) is 5.01. The molecule has 1 amide bonds. The van der Waals surface area contributed by atoms with E-state index in [4.69, 9.17) is 11.6 Å². The molecule has 0 fully saturated rings. The molecule has 2 rings (SSSR count). The first-order valence-corrected chi connectivity index (χ1v) is 9.28. The van der Waals surface area contributed by atoms with Crippen LogP contribution in [0.15, 0.2) is 53.4 Å². The van der Waals surface area contributed by atoms with Crippen LogP contribution in [-0.2, 0) is 14.8 Å². The SMILES string of the molecule is CC(NC(=O)CN(C)S(=O)(=O)c1ccc(F)cc1)c1ccc(Cl)cc1. The smallest absolute Gasteiger partial charge is 0.243 e. The molecule has 134 valence electrons. The van der Waals surface area contributed by atoms with Gasteiger partial charge in [0.05, 0.1) is 17.5 Å². The van der Waals surface area contributed by atoms with E-state index in [9.17, 15) is 17.6 Å². The predicted octanol–water partition coefficient (Wildman–Crippen LogP) is 2.98. The van der Waals surface area contributed by atoms with E-state index in [1.807, 2.05) is 0 Å². The van der Waals surface area contributed by atoms with Crippen LogP contribution in [0.5, 0.6) is 0 Å². The fourth-order valence-corrected chi connectivity index (χ4v) is 3.45. The van der Waals surface area contributed by atoms with E-state index >= 15 is 0 Å². The van der Waals surface area contributed by atoms with Gasteiger partial charge in [-0.2, -0.15) is 4.31 Å². The molecule has 0 radical (unpaired) electrons. The summed E-state index contributed by atoms with van der Waals surface area (Å²) in [5.41, 5.74) is 0.849. The number of nitrogens with one attached hydrogen (secondary N) is 1. The van der Waals surface area contributed by atoms with Crippen LogP contribution in [0.3, 0.4) is 0 Å².